The topological polar surface area (TPSA) is 35.9 Å². The molecule has 0 aromatic heterocycles. The highest BCUT2D eigenvalue weighted by Gasteiger charge is 2.56. The molecule has 3 aromatic carbocycles. The number of carbonyl (C=O) groups is 1. The highest BCUT2D eigenvalue weighted by Crippen LogP contribution is 2.54. The Bertz CT molecular complexity index is 1220. The molecule has 0 radical (unpaired) electrons. The Morgan fingerprint density at radius 2 is 1.83 bits per heavy atom. The van der Waals surface area contributed by atoms with Crippen molar-refractivity contribution >= 4 is 45.7 Å². The zero-order valence-electron chi connectivity index (χ0n) is 15.9. The van der Waals surface area contributed by atoms with Crippen LogP contribution in [0.5, 0.6) is 0 Å². The summed E-state index contributed by atoms with van der Waals surface area (Å²) < 4.78 is 1.11. The summed E-state index contributed by atoms with van der Waals surface area (Å²) in [6.45, 7) is 0.888. The normalized spacial score (nSPS) is 21.4. The van der Waals surface area contributed by atoms with Gasteiger partial charge in [0.1, 0.15) is 5.84 Å². The molecule has 0 saturated heterocycles. The van der Waals surface area contributed by atoms with Crippen LogP contribution in [0.25, 0.3) is 0 Å². The molecule has 0 fully saturated rings. The average Bonchev–Trinajstić information content (AvgIpc) is 3.26. The fourth-order valence-electron chi connectivity index (χ4n) is 4.97. The van der Waals surface area contributed by atoms with Gasteiger partial charge in [-0.25, -0.2) is 4.99 Å². The van der Waals surface area contributed by atoms with Gasteiger partial charge in [-0.05, 0) is 52.8 Å². The third-order valence-corrected chi connectivity index (χ3v) is 6.94. The van der Waals surface area contributed by atoms with E-state index in [1.165, 1.54) is 5.56 Å². The van der Waals surface area contributed by atoms with Gasteiger partial charge in [-0.2, -0.15) is 0 Å². The summed E-state index contributed by atoms with van der Waals surface area (Å²) in [5.74, 6) is 0.902. The van der Waals surface area contributed by atoms with E-state index in [-0.39, 0.29) is 5.91 Å². The van der Waals surface area contributed by atoms with Crippen LogP contribution in [0.2, 0.25) is 0 Å². The molecule has 1 spiro atoms. The zero-order valence-corrected chi connectivity index (χ0v) is 18.1. The van der Waals surface area contributed by atoms with Gasteiger partial charge in [-0.3, -0.25) is 4.79 Å². The quantitative estimate of drug-likeness (QED) is 0.476. The summed E-state index contributed by atoms with van der Waals surface area (Å²) >= 11 is 2.32. The minimum absolute atomic E-state index is 0.0166. The van der Waals surface area contributed by atoms with Crippen LogP contribution in [0.1, 0.15) is 22.3 Å². The van der Waals surface area contributed by atoms with Crippen molar-refractivity contribution in [3.63, 3.8) is 0 Å². The van der Waals surface area contributed by atoms with Crippen molar-refractivity contribution in [1.82, 2.24) is 0 Å². The maximum absolute atomic E-state index is 13.8. The van der Waals surface area contributed by atoms with Gasteiger partial charge in [0.15, 0.2) is 5.54 Å². The van der Waals surface area contributed by atoms with Crippen LogP contribution in [0.4, 0.5) is 11.4 Å². The monoisotopic (exact) mass is 491 g/mol. The molecule has 1 amide bonds. The first kappa shape index (κ1) is 17.2. The molecule has 3 aliphatic rings. The van der Waals surface area contributed by atoms with Gasteiger partial charge in [-0.1, -0.05) is 48.5 Å². The van der Waals surface area contributed by atoms with Crippen LogP contribution in [0.15, 0.2) is 71.7 Å². The molecule has 0 N–H and O–H groups in total. The maximum Gasteiger partial charge on any atom is 0.264 e. The third-order valence-electron chi connectivity index (χ3n) is 6.27. The van der Waals surface area contributed by atoms with Crippen molar-refractivity contribution in [3.8, 4) is 0 Å². The number of carbonyl (C=O) groups excluding carboxylic acids is 1. The summed E-state index contributed by atoms with van der Waals surface area (Å²) in [5.41, 5.74) is 5.40. The first-order valence-electron chi connectivity index (χ1n) is 9.74. The fraction of sp³-hybridized carbons (Fsp3) is 0.167. The van der Waals surface area contributed by atoms with Gasteiger partial charge < -0.3 is 9.80 Å². The third kappa shape index (κ3) is 2.14. The van der Waals surface area contributed by atoms with E-state index in [1.54, 1.807) is 4.90 Å². The van der Waals surface area contributed by atoms with Crippen LogP contribution in [-0.2, 0) is 16.8 Å². The van der Waals surface area contributed by atoms with Crippen LogP contribution >= 0.6 is 22.6 Å². The molecule has 29 heavy (non-hydrogen) atoms. The number of amides is 1. The summed E-state index contributed by atoms with van der Waals surface area (Å²) in [4.78, 5) is 23.2. The van der Waals surface area contributed by atoms with Crippen LogP contribution in [0, 0.1) is 3.57 Å². The van der Waals surface area contributed by atoms with E-state index in [1.807, 2.05) is 31.3 Å². The minimum Gasteiger partial charge on any atom is -0.325 e. The Labute approximate surface area is 183 Å². The molecule has 3 aliphatic heterocycles. The standard InChI is InChI=1S/C24H18IN3O/c1-27-20-11-10-17(25)14-19(20)24(23(27)29)18-9-5-8-15-12-13-28(21(15)18)22(26-24)16-6-3-2-4-7-16/h2-11,14H,12-13H2,1H3. The van der Waals surface area contributed by atoms with Crippen molar-refractivity contribution in [3.05, 3.63) is 92.6 Å². The van der Waals surface area contributed by atoms with E-state index < -0.39 is 5.54 Å². The molecule has 3 aromatic rings. The number of nitrogens with zero attached hydrogens (tertiary/aromatic N) is 3. The maximum atomic E-state index is 13.8. The lowest BCUT2D eigenvalue weighted by atomic mass is 9.81. The molecule has 1 atom stereocenters. The molecular formula is C24H18IN3O. The van der Waals surface area contributed by atoms with Gasteiger partial charge in [-0.15, -0.1) is 0 Å². The number of anilines is 2. The van der Waals surface area contributed by atoms with Crippen molar-refractivity contribution in [1.29, 1.82) is 0 Å². The first-order valence-corrected chi connectivity index (χ1v) is 10.8. The average molecular weight is 491 g/mol. The second-order valence-corrected chi connectivity index (χ2v) is 9.00. The number of benzene rings is 3. The fourth-order valence-corrected chi connectivity index (χ4v) is 5.46. The lowest BCUT2D eigenvalue weighted by Gasteiger charge is -2.37. The molecule has 0 saturated carbocycles. The second-order valence-electron chi connectivity index (χ2n) is 7.75. The van der Waals surface area contributed by atoms with Crippen molar-refractivity contribution in [2.24, 2.45) is 4.99 Å². The number of aliphatic imine (C=N–C) groups is 1. The molecule has 1 unspecified atom stereocenters. The Morgan fingerprint density at radius 3 is 2.66 bits per heavy atom. The van der Waals surface area contributed by atoms with E-state index in [0.29, 0.717) is 0 Å². The van der Waals surface area contributed by atoms with Gasteiger partial charge in [0.25, 0.3) is 5.91 Å². The number of fused-ring (bicyclic) bond motifs is 3. The van der Waals surface area contributed by atoms with E-state index in [4.69, 9.17) is 4.99 Å². The van der Waals surface area contributed by atoms with E-state index >= 15 is 0 Å². The Kier molecular flexibility index (Phi) is 3.51. The number of likely N-dealkylation sites (N-methyl/N-ethyl adjacent to an activating group) is 1. The van der Waals surface area contributed by atoms with Crippen molar-refractivity contribution in [2.75, 3.05) is 23.4 Å². The van der Waals surface area contributed by atoms with E-state index in [0.717, 1.165) is 50.4 Å². The number of rotatable bonds is 1. The van der Waals surface area contributed by atoms with Gasteiger partial charge in [0.2, 0.25) is 0 Å². The van der Waals surface area contributed by atoms with E-state index in [9.17, 15) is 4.79 Å². The highest BCUT2D eigenvalue weighted by molar-refractivity contribution is 14.1. The SMILES string of the molecule is CN1C(=O)C2(N=C(c3ccccc3)N3CCc4cccc2c43)c2cc(I)ccc21. The largest absolute Gasteiger partial charge is 0.325 e. The molecule has 5 heteroatoms. The van der Waals surface area contributed by atoms with Gasteiger partial charge >= 0.3 is 0 Å². The number of hydrogen-bond donors (Lipinski definition) is 0. The lowest BCUT2D eigenvalue weighted by Crippen LogP contribution is -2.46. The highest BCUT2D eigenvalue weighted by atomic mass is 127. The lowest BCUT2D eigenvalue weighted by molar-refractivity contribution is -0.121. The number of halogens is 1. The Morgan fingerprint density at radius 1 is 1.00 bits per heavy atom. The van der Waals surface area contributed by atoms with Gasteiger partial charge in [0, 0.05) is 39.5 Å². The number of para-hydroxylation sites is 1. The molecule has 0 bridgehead atoms. The second kappa shape index (κ2) is 5.92. The van der Waals surface area contributed by atoms with Crippen LogP contribution in [0.3, 0.4) is 0 Å². The molecule has 4 nitrogen and oxygen atoms in total. The van der Waals surface area contributed by atoms with E-state index in [2.05, 4.69) is 70.0 Å². The van der Waals surface area contributed by atoms with Gasteiger partial charge in [0.05, 0.1) is 5.69 Å². The Balaban J connectivity index is 1.74. The summed E-state index contributed by atoms with van der Waals surface area (Å²) in [6, 6.07) is 22.8. The smallest absolute Gasteiger partial charge is 0.264 e. The summed E-state index contributed by atoms with van der Waals surface area (Å²) in [6.07, 6.45) is 0.967. The molecule has 0 aliphatic carbocycles. The zero-order chi connectivity index (χ0) is 19.8. The number of hydrogen-bond acceptors (Lipinski definition) is 3. The molecular weight excluding hydrogens is 473 g/mol. The minimum atomic E-state index is -1.03. The predicted octanol–water partition coefficient (Wildman–Crippen LogP) is 4.33. The van der Waals surface area contributed by atoms with Crippen LogP contribution in [-0.4, -0.2) is 25.3 Å². The molecule has 3 heterocycles. The Hall–Kier alpha value is -2.67. The predicted molar refractivity (Wildman–Crippen MR) is 124 cm³/mol. The van der Waals surface area contributed by atoms with Crippen LogP contribution < -0.4 is 9.80 Å². The van der Waals surface area contributed by atoms with Crippen molar-refractivity contribution in [2.45, 2.75) is 12.0 Å². The van der Waals surface area contributed by atoms with Crippen molar-refractivity contribution < 1.29 is 4.79 Å². The summed E-state index contributed by atoms with van der Waals surface area (Å²) in [7, 11) is 1.86. The molecule has 142 valence electrons. The number of amidine groups is 1. The molecule has 6 rings (SSSR count). The first-order chi connectivity index (χ1) is 14.1. The summed E-state index contributed by atoms with van der Waals surface area (Å²) in [5, 5.41) is 0.